The smallest absolute Gasteiger partial charge is 0.211 e. The van der Waals surface area contributed by atoms with Crippen LogP contribution in [-0.4, -0.2) is 43.1 Å². The predicted molar refractivity (Wildman–Crippen MR) is 92.6 cm³/mol. The molecule has 124 valence electrons. The number of hydrogen-bond acceptors (Lipinski definition) is 4. The predicted octanol–water partition coefficient (Wildman–Crippen LogP) is 1.99. The minimum absolute atomic E-state index is 0.306. The van der Waals surface area contributed by atoms with Crippen molar-refractivity contribution in [3.8, 4) is 0 Å². The lowest BCUT2D eigenvalue weighted by Gasteiger charge is -2.36. The summed E-state index contributed by atoms with van der Waals surface area (Å²) in [4.78, 5) is 4.33. The van der Waals surface area contributed by atoms with Crippen molar-refractivity contribution in [2.45, 2.75) is 25.9 Å². The molecule has 1 aliphatic heterocycles. The van der Waals surface area contributed by atoms with Gasteiger partial charge >= 0.3 is 0 Å². The van der Waals surface area contributed by atoms with Gasteiger partial charge < -0.3 is 5.32 Å². The molecule has 1 fully saturated rings. The summed E-state index contributed by atoms with van der Waals surface area (Å²) >= 11 is 0. The minimum Gasteiger partial charge on any atom is -0.310 e. The van der Waals surface area contributed by atoms with Gasteiger partial charge in [-0.1, -0.05) is 19.1 Å². The molecule has 2 aromatic rings. The summed E-state index contributed by atoms with van der Waals surface area (Å²) in [7, 11) is -3.08. The zero-order valence-corrected chi connectivity index (χ0v) is 14.4. The van der Waals surface area contributed by atoms with E-state index < -0.39 is 10.0 Å². The van der Waals surface area contributed by atoms with Gasteiger partial charge in [-0.25, -0.2) is 12.7 Å². The maximum Gasteiger partial charge on any atom is 0.211 e. The first-order valence-corrected chi connectivity index (χ1v) is 9.80. The van der Waals surface area contributed by atoms with E-state index in [2.05, 4.69) is 35.4 Å². The number of pyridine rings is 1. The standard InChI is InChI=1S/C17H23N3O2S/c1-13-12-20(23(2,21)22)9-7-16(13)19-11-14-5-6-17-15(10-14)4-3-8-18-17/h3-6,8,10,13,16,19H,7,9,11-12H2,1-2H3/t13-,16+/m1/s1. The quantitative estimate of drug-likeness (QED) is 0.929. The number of hydrogen-bond donors (Lipinski definition) is 1. The lowest BCUT2D eigenvalue weighted by molar-refractivity contribution is 0.220. The number of benzene rings is 1. The Morgan fingerprint density at radius 2 is 2.17 bits per heavy atom. The van der Waals surface area contributed by atoms with Crippen molar-refractivity contribution in [2.75, 3.05) is 19.3 Å². The second-order valence-corrected chi connectivity index (χ2v) is 8.39. The van der Waals surface area contributed by atoms with Gasteiger partial charge in [-0.3, -0.25) is 4.98 Å². The summed E-state index contributed by atoms with van der Waals surface area (Å²) in [6.45, 7) is 4.10. The molecule has 0 aliphatic carbocycles. The van der Waals surface area contributed by atoms with E-state index in [0.717, 1.165) is 23.9 Å². The fourth-order valence-corrected chi connectivity index (χ4v) is 4.14. The van der Waals surface area contributed by atoms with Crippen LogP contribution in [0, 0.1) is 5.92 Å². The summed E-state index contributed by atoms with van der Waals surface area (Å²) in [5.41, 5.74) is 2.23. The summed E-state index contributed by atoms with van der Waals surface area (Å²) in [5.74, 6) is 0.306. The Morgan fingerprint density at radius 1 is 1.35 bits per heavy atom. The van der Waals surface area contributed by atoms with E-state index in [4.69, 9.17) is 0 Å². The molecule has 1 N–H and O–H groups in total. The van der Waals surface area contributed by atoms with Crippen LogP contribution in [0.25, 0.3) is 10.9 Å². The molecule has 0 unspecified atom stereocenters. The van der Waals surface area contributed by atoms with Crippen LogP contribution < -0.4 is 5.32 Å². The first-order chi connectivity index (χ1) is 10.9. The molecule has 0 spiro atoms. The molecule has 1 aromatic carbocycles. The van der Waals surface area contributed by atoms with Gasteiger partial charge in [0.05, 0.1) is 11.8 Å². The molecular formula is C17H23N3O2S. The van der Waals surface area contributed by atoms with E-state index in [1.165, 1.54) is 11.8 Å². The van der Waals surface area contributed by atoms with Gasteiger partial charge in [0.2, 0.25) is 10.0 Å². The molecule has 0 amide bonds. The summed E-state index contributed by atoms with van der Waals surface area (Å²) in [6, 6.07) is 10.7. The molecule has 0 radical (unpaired) electrons. The van der Waals surface area contributed by atoms with Crippen molar-refractivity contribution in [1.82, 2.24) is 14.6 Å². The fraction of sp³-hybridized carbons (Fsp3) is 0.471. The fourth-order valence-electron chi connectivity index (χ4n) is 3.20. The monoisotopic (exact) mass is 333 g/mol. The number of piperidine rings is 1. The molecular weight excluding hydrogens is 310 g/mol. The summed E-state index contributed by atoms with van der Waals surface area (Å²) in [6.07, 6.45) is 3.94. The van der Waals surface area contributed by atoms with Crippen LogP contribution in [0.4, 0.5) is 0 Å². The molecule has 1 aliphatic rings. The number of nitrogens with one attached hydrogen (secondary N) is 1. The first-order valence-electron chi connectivity index (χ1n) is 7.95. The zero-order valence-electron chi connectivity index (χ0n) is 13.6. The topological polar surface area (TPSA) is 62.3 Å². The molecule has 3 rings (SSSR count). The van der Waals surface area contributed by atoms with Gasteiger partial charge in [0.15, 0.2) is 0 Å². The molecule has 0 saturated carbocycles. The first kappa shape index (κ1) is 16.4. The van der Waals surface area contributed by atoms with Gasteiger partial charge in [0.1, 0.15) is 0 Å². The highest BCUT2D eigenvalue weighted by Gasteiger charge is 2.29. The van der Waals surface area contributed by atoms with Crippen LogP contribution in [0.2, 0.25) is 0 Å². The maximum atomic E-state index is 11.6. The average molecular weight is 333 g/mol. The van der Waals surface area contributed by atoms with Crippen molar-refractivity contribution in [3.63, 3.8) is 0 Å². The van der Waals surface area contributed by atoms with Gasteiger partial charge in [0, 0.05) is 37.3 Å². The third-order valence-corrected chi connectivity index (χ3v) is 5.84. The average Bonchev–Trinajstić information content (AvgIpc) is 2.52. The molecule has 0 bridgehead atoms. The number of rotatable bonds is 4. The highest BCUT2D eigenvalue weighted by atomic mass is 32.2. The van der Waals surface area contributed by atoms with Gasteiger partial charge in [-0.2, -0.15) is 0 Å². The Hall–Kier alpha value is -1.50. The van der Waals surface area contributed by atoms with Crippen LogP contribution in [0.3, 0.4) is 0 Å². The van der Waals surface area contributed by atoms with E-state index in [-0.39, 0.29) is 0 Å². The van der Waals surface area contributed by atoms with Crippen molar-refractivity contribution in [2.24, 2.45) is 5.92 Å². The second-order valence-electron chi connectivity index (χ2n) is 6.40. The maximum absolute atomic E-state index is 11.6. The molecule has 1 saturated heterocycles. The van der Waals surface area contributed by atoms with E-state index >= 15 is 0 Å². The molecule has 1 aromatic heterocycles. The number of fused-ring (bicyclic) bond motifs is 1. The molecule has 23 heavy (non-hydrogen) atoms. The van der Waals surface area contributed by atoms with Gasteiger partial charge in [-0.15, -0.1) is 0 Å². The Kier molecular flexibility index (Phi) is 4.66. The third-order valence-electron chi connectivity index (χ3n) is 4.57. The van der Waals surface area contributed by atoms with Gasteiger partial charge in [-0.05, 0) is 36.1 Å². The molecule has 2 heterocycles. The Balaban J connectivity index is 1.61. The van der Waals surface area contributed by atoms with Crippen LogP contribution >= 0.6 is 0 Å². The van der Waals surface area contributed by atoms with Crippen LogP contribution in [-0.2, 0) is 16.6 Å². The zero-order chi connectivity index (χ0) is 16.4. The summed E-state index contributed by atoms with van der Waals surface area (Å²) in [5, 5.41) is 4.73. The molecule has 6 heteroatoms. The van der Waals surface area contributed by atoms with E-state index in [1.54, 1.807) is 10.5 Å². The Labute approximate surface area is 137 Å². The van der Waals surface area contributed by atoms with Gasteiger partial charge in [0.25, 0.3) is 0 Å². The van der Waals surface area contributed by atoms with Crippen LogP contribution in [0.15, 0.2) is 36.5 Å². The number of aromatic nitrogens is 1. The lowest BCUT2D eigenvalue weighted by Crippen LogP contribution is -2.49. The largest absolute Gasteiger partial charge is 0.310 e. The SMILES string of the molecule is C[C@@H]1CN(S(C)(=O)=O)CC[C@@H]1NCc1ccc2ncccc2c1. The van der Waals surface area contributed by atoms with Crippen molar-refractivity contribution in [3.05, 3.63) is 42.1 Å². The second kappa shape index (κ2) is 6.55. The van der Waals surface area contributed by atoms with Crippen molar-refractivity contribution >= 4 is 20.9 Å². The number of sulfonamides is 1. The normalized spacial score (nSPS) is 23.2. The summed E-state index contributed by atoms with van der Waals surface area (Å²) < 4.78 is 24.9. The Bertz CT molecular complexity index is 791. The van der Waals surface area contributed by atoms with E-state index in [0.29, 0.717) is 25.0 Å². The van der Waals surface area contributed by atoms with Crippen molar-refractivity contribution < 1.29 is 8.42 Å². The van der Waals surface area contributed by atoms with Crippen molar-refractivity contribution in [1.29, 1.82) is 0 Å². The van der Waals surface area contributed by atoms with Crippen LogP contribution in [0.1, 0.15) is 18.9 Å². The Morgan fingerprint density at radius 3 is 2.91 bits per heavy atom. The highest BCUT2D eigenvalue weighted by Crippen LogP contribution is 2.20. The highest BCUT2D eigenvalue weighted by molar-refractivity contribution is 7.88. The molecule has 2 atom stereocenters. The molecule has 5 nitrogen and oxygen atoms in total. The van der Waals surface area contributed by atoms with E-state index in [1.807, 2.05) is 12.1 Å². The minimum atomic E-state index is -3.08. The lowest BCUT2D eigenvalue weighted by atomic mass is 9.95. The van der Waals surface area contributed by atoms with E-state index in [9.17, 15) is 8.42 Å². The number of nitrogens with zero attached hydrogens (tertiary/aromatic N) is 2. The van der Waals surface area contributed by atoms with Crippen LogP contribution in [0.5, 0.6) is 0 Å². The third kappa shape index (κ3) is 3.88.